The molecule has 198 valence electrons. The summed E-state index contributed by atoms with van der Waals surface area (Å²) >= 11 is 1.64. The lowest BCUT2D eigenvalue weighted by molar-refractivity contribution is -0.132. The standard InChI is InChI=1S/C29H32N4O4S/c1-5-14-33(29(35)31-24-8-6-7-23(16-24)18-30)20-28(34)32(19-25-11-9-21(2)38-25)15-13-22-10-12-26(36-3)27(17-22)37-4/h5-12,16-17H,1,13-15,19-20H2,2-4H3,(H,31,35). The molecule has 38 heavy (non-hydrogen) atoms. The van der Waals surface area contributed by atoms with Crippen LogP contribution in [0.1, 0.15) is 20.9 Å². The van der Waals surface area contributed by atoms with Crippen LogP contribution >= 0.6 is 11.3 Å². The number of amides is 3. The highest BCUT2D eigenvalue weighted by Gasteiger charge is 2.22. The summed E-state index contributed by atoms with van der Waals surface area (Å²) in [5, 5.41) is 11.9. The second-order valence-electron chi connectivity index (χ2n) is 8.56. The first-order valence-corrected chi connectivity index (χ1v) is 12.9. The zero-order valence-electron chi connectivity index (χ0n) is 21.9. The average Bonchev–Trinajstić information content (AvgIpc) is 3.34. The molecule has 1 heterocycles. The summed E-state index contributed by atoms with van der Waals surface area (Å²) in [6.07, 6.45) is 2.18. The number of carbonyl (C=O) groups is 2. The molecule has 0 bridgehead atoms. The summed E-state index contributed by atoms with van der Waals surface area (Å²) in [5.41, 5.74) is 1.91. The molecular formula is C29H32N4O4S. The van der Waals surface area contributed by atoms with Gasteiger partial charge in [-0.25, -0.2) is 4.79 Å². The van der Waals surface area contributed by atoms with Gasteiger partial charge in [-0.15, -0.1) is 17.9 Å². The predicted molar refractivity (Wildman–Crippen MR) is 150 cm³/mol. The van der Waals surface area contributed by atoms with Crippen LogP contribution in [0.4, 0.5) is 10.5 Å². The van der Waals surface area contributed by atoms with Gasteiger partial charge in [-0.05, 0) is 61.4 Å². The van der Waals surface area contributed by atoms with E-state index in [1.54, 1.807) is 60.8 Å². The lowest BCUT2D eigenvalue weighted by Gasteiger charge is -2.27. The number of hydrogen-bond acceptors (Lipinski definition) is 6. The molecule has 3 amide bonds. The number of nitriles is 1. The zero-order chi connectivity index (χ0) is 27.5. The fraction of sp³-hybridized carbons (Fsp3) is 0.276. The van der Waals surface area contributed by atoms with Crippen molar-refractivity contribution in [1.82, 2.24) is 9.80 Å². The third kappa shape index (κ3) is 7.85. The Morgan fingerprint density at radius 2 is 1.87 bits per heavy atom. The van der Waals surface area contributed by atoms with Crippen molar-refractivity contribution in [3.63, 3.8) is 0 Å². The molecule has 0 unspecified atom stereocenters. The van der Waals surface area contributed by atoms with Crippen LogP contribution in [0.25, 0.3) is 0 Å². The molecule has 9 heteroatoms. The number of ether oxygens (including phenoxy) is 2. The first-order chi connectivity index (χ1) is 18.4. The smallest absolute Gasteiger partial charge is 0.322 e. The van der Waals surface area contributed by atoms with Crippen LogP contribution in [0.5, 0.6) is 11.5 Å². The van der Waals surface area contributed by atoms with E-state index in [9.17, 15) is 9.59 Å². The highest BCUT2D eigenvalue weighted by molar-refractivity contribution is 7.11. The number of thiophene rings is 1. The molecular weight excluding hydrogens is 500 g/mol. The lowest BCUT2D eigenvalue weighted by atomic mass is 10.1. The summed E-state index contributed by atoms with van der Waals surface area (Å²) in [6, 6.07) is 18.0. The molecule has 0 saturated carbocycles. The molecule has 2 aromatic carbocycles. The highest BCUT2D eigenvalue weighted by Crippen LogP contribution is 2.28. The minimum absolute atomic E-state index is 0.119. The number of carbonyl (C=O) groups excluding carboxylic acids is 2. The van der Waals surface area contributed by atoms with Crippen molar-refractivity contribution in [2.45, 2.75) is 19.9 Å². The van der Waals surface area contributed by atoms with Crippen LogP contribution < -0.4 is 14.8 Å². The van der Waals surface area contributed by atoms with Crippen LogP contribution in [0.3, 0.4) is 0 Å². The summed E-state index contributed by atoms with van der Waals surface area (Å²) in [7, 11) is 3.18. The van der Waals surface area contributed by atoms with Gasteiger partial charge in [0.2, 0.25) is 5.91 Å². The molecule has 0 aliphatic heterocycles. The van der Waals surface area contributed by atoms with E-state index in [2.05, 4.69) is 18.0 Å². The van der Waals surface area contributed by atoms with Gasteiger partial charge in [-0.1, -0.05) is 18.2 Å². The topological polar surface area (TPSA) is 94.9 Å². The van der Waals surface area contributed by atoms with E-state index in [0.29, 0.717) is 42.3 Å². The van der Waals surface area contributed by atoms with E-state index in [1.807, 2.05) is 37.3 Å². The molecule has 0 saturated heterocycles. The maximum Gasteiger partial charge on any atom is 0.322 e. The number of urea groups is 1. The third-order valence-electron chi connectivity index (χ3n) is 5.82. The number of nitrogens with one attached hydrogen (secondary N) is 1. The Morgan fingerprint density at radius 3 is 2.53 bits per heavy atom. The van der Waals surface area contributed by atoms with Gasteiger partial charge < -0.3 is 24.6 Å². The molecule has 8 nitrogen and oxygen atoms in total. The first-order valence-electron chi connectivity index (χ1n) is 12.1. The van der Waals surface area contributed by atoms with Crippen molar-refractivity contribution < 1.29 is 19.1 Å². The zero-order valence-corrected chi connectivity index (χ0v) is 22.7. The van der Waals surface area contributed by atoms with Crippen molar-refractivity contribution in [1.29, 1.82) is 5.26 Å². The van der Waals surface area contributed by atoms with E-state index in [1.165, 1.54) is 9.78 Å². The van der Waals surface area contributed by atoms with Crippen LogP contribution in [0.15, 0.2) is 67.3 Å². The van der Waals surface area contributed by atoms with Gasteiger partial charge in [0.1, 0.15) is 6.54 Å². The number of benzene rings is 2. The van der Waals surface area contributed by atoms with Crippen molar-refractivity contribution in [2.75, 3.05) is 39.2 Å². The number of aryl methyl sites for hydroxylation is 1. The van der Waals surface area contributed by atoms with Crippen molar-refractivity contribution in [2.24, 2.45) is 0 Å². The molecule has 0 aliphatic carbocycles. The summed E-state index contributed by atoms with van der Waals surface area (Å²) in [4.78, 5) is 31.9. The molecule has 0 spiro atoms. The van der Waals surface area contributed by atoms with E-state index < -0.39 is 6.03 Å². The van der Waals surface area contributed by atoms with Gasteiger partial charge in [0.05, 0.1) is 32.4 Å². The van der Waals surface area contributed by atoms with Gasteiger partial charge >= 0.3 is 6.03 Å². The van der Waals surface area contributed by atoms with Gasteiger partial charge in [0.25, 0.3) is 0 Å². The van der Waals surface area contributed by atoms with Crippen LogP contribution in [-0.2, 0) is 17.8 Å². The Labute approximate surface area is 227 Å². The molecule has 3 aromatic rings. The first kappa shape index (κ1) is 28.3. The van der Waals surface area contributed by atoms with E-state index in [0.717, 1.165) is 10.4 Å². The van der Waals surface area contributed by atoms with Gasteiger partial charge in [0.15, 0.2) is 11.5 Å². The SMILES string of the molecule is C=CCN(CC(=O)N(CCc1ccc(OC)c(OC)c1)Cc1ccc(C)s1)C(=O)Nc1cccc(C#N)c1. The minimum atomic E-state index is -0.444. The maximum absolute atomic E-state index is 13.5. The molecule has 1 aromatic heterocycles. The Bertz CT molecular complexity index is 1310. The molecule has 0 radical (unpaired) electrons. The Balaban J connectivity index is 1.75. The summed E-state index contributed by atoms with van der Waals surface area (Å²) in [5.74, 6) is 1.09. The van der Waals surface area contributed by atoms with Crippen molar-refractivity contribution >= 4 is 29.0 Å². The monoisotopic (exact) mass is 532 g/mol. The quantitative estimate of drug-likeness (QED) is 0.322. The Hall–Kier alpha value is -4.29. The van der Waals surface area contributed by atoms with Crippen LogP contribution in [0.2, 0.25) is 0 Å². The molecule has 0 fully saturated rings. The fourth-order valence-electron chi connectivity index (χ4n) is 3.86. The maximum atomic E-state index is 13.5. The Morgan fingerprint density at radius 1 is 1.08 bits per heavy atom. The van der Waals surface area contributed by atoms with Crippen molar-refractivity contribution in [3.05, 3.63) is 88.1 Å². The van der Waals surface area contributed by atoms with E-state index in [-0.39, 0.29) is 19.0 Å². The predicted octanol–water partition coefficient (Wildman–Crippen LogP) is 5.24. The van der Waals surface area contributed by atoms with Crippen molar-refractivity contribution in [3.8, 4) is 17.6 Å². The Kier molecular flexibility index (Phi) is 10.3. The average molecular weight is 533 g/mol. The van der Waals surface area contributed by atoms with Gasteiger partial charge in [-0.2, -0.15) is 5.26 Å². The third-order valence-corrected chi connectivity index (χ3v) is 6.80. The number of nitrogens with zero attached hydrogens (tertiary/aromatic N) is 3. The molecule has 1 N–H and O–H groups in total. The van der Waals surface area contributed by atoms with Crippen LogP contribution in [0, 0.1) is 18.3 Å². The largest absolute Gasteiger partial charge is 0.493 e. The van der Waals surface area contributed by atoms with E-state index >= 15 is 0 Å². The number of hydrogen-bond donors (Lipinski definition) is 1. The highest BCUT2D eigenvalue weighted by atomic mass is 32.1. The number of anilines is 1. The summed E-state index contributed by atoms with van der Waals surface area (Å²) < 4.78 is 10.7. The molecule has 0 aliphatic rings. The second kappa shape index (κ2) is 13.9. The van der Waals surface area contributed by atoms with Gasteiger partial charge in [-0.3, -0.25) is 4.79 Å². The van der Waals surface area contributed by atoms with E-state index in [4.69, 9.17) is 14.7 Å². The lowest BCUT2D eigenvalue weighted by Crippen LogP contribution is -2.44. The normalized spacial score (nSPS) is 10.3. The second-order valence-corrected chi connectivity index (χ2v) is 9.93. The minimum Gasteiger partial charge on any atom is -0.493 e. The molecule has 3 rings (SSSR count). The van der Waals surface area contributed by atoms with Gasteiger partial charge in [0, 0.05) is 28.5 Å². The van der Waals surface area contributed by atoms with Crippen LogP contribution in [-0.4, -0.2) is 55.6 Å². The fourth-order valence-corrected chi connectivity index (χ4v) is 4.76. The summed E-state index contributed by atoms with van der Waals surface area (Å²) in [6.45, 7) is 6.74. The molecule has 0 atom stereocenters. The number of methoxy groups -OCH3 is 2. The number of rotatable bonds is 12.